The monoisotopic (exact) mass is 646 g/mol. The van der Waals surface area contributed by atoms with Crippen LogP contribution in [0.5, 0.6) is 5.75 Å². The smallest absolute Gasteiger partial charge is 0.225 e. The molecule has 4 aromatic rings. The molecule has 3 aromatic heterocycles. The number of thiazole rings is 1. The largest absolute Gasteiger partial charge is 0.497 e. The zero-order valence-corrected chi connectivity index (χ0v) is 25.8. The molecule has 234 valence electrons. The molecule has 2 fully saturated rings. The Hall–Kier alpha value is -3.53. The number of rotatable bonds is 10. The molecule has 2 aliphatic carbocycles. The minimum Gasteiger partial charge on any atom is -0.497 e. The number of aromatic nitrogens is 4. The molecule has 1 aromatic carbocycles. The van der Waals surface area contributed by atoms with Gasteiger partial charge in [0.2, 0.25) is 5.95 Å². The molecule has 2 saturated carbocycles. The predicted molar refractivity (Wildman–Crippen MR) is 163 cm³/mol. The van der Waals surface area contributed by atoms with Crippen LogP contribution in [0.25, 0.3) is 20.8 Å². The molecule has 4 unspecified atom stereocenters. The first-order valence-corrected chi connectivity index (χ1v) is 17.0. The topological polar surface area (TPSA) is 159 Å². The second-order valence-electron chi connectivity index (χ2n) is 11.4. The fourth-order valence-corrected chi connectivity index (χ4v) is 7.86. The lowest BCUT2D eigenvalue weighted by molar-refractivity contribution is 0.0216. The molecule has 0 amide bonds. The van der Waals surface area contributed by atoms with Crippen LogP contribution >= 0.6 is 11.3 Å². The number of nitrogens with zero attached hydrogens (tertiary/aromatic N) is 4. The van der Waals surface area contributed by atoms with Crippen LogP contribution in [0.4, 0.5) is 20.5 Å². The minimum absolute atomic E-state index is 0.0500. The van der Waals surface area contributed by atoms with Gasteiger partial charge in [-0.3, -0.25) is 4.98 Å². The fraction of sp³-hybridized carbons (Fsp3) is 0.448. The summed E-state index contributed by atoms with van der Waals surface area (Å²) in [6.07, 6.45) is 2.59. The third-order valence-corrected chi connectivity index (χ3v) is 10.1. The molecule has 0 radical (unpaired) electrons. The first kappa shape index (κ1) is 30.5. The van der Waals surface area contributed by atoms with Crippen molar-refractivity contribution in [1.82, 2.24) is 19.9 Å². The van der Waals surface area contributed by atoms with E-state index in [1.165, 1.54) is 18.4 Å². The first-order chi connectivity index (χ1) is 20.9. The summed E-state index contributed by atoms with van der Waals surface area (Å²) >= 11 is 1.44. The van der Waals surface area contributed by atoms with E-state index in [9.17, 15) is 27.4 Å². The van der Waals surface area contributed by atoms with Crippen LogP contribution in [0.1, 0.15) is 42.1 Å². The van der Waals surface area contributed by atoms with Crippen molar-refractivity contribution < 1.29 is 32.1 Å². The molecule has 0 saturated heterocycles. The number of hydrogen-bond acceptors (Lipinski definition) is 12. The van der Waals surface area contributed by atoms with E-state index in [4.69, 9.17) is 9.72 Å². The van der Waals surface area contributed by atoms with Gasteiger partial charge in [-0.1, -0.05) is 0 Å². The van der Waals surface area contributed by atoms with Gasteiger partial charge in [-0.2, -0.15) is 4.98 Å². The number of anilines is 2. The summed E-state index contributed by atoms with van der Waals surface area (Å²) in [6, 6.07) is 3.32. The Bertz CT molecular complexity index is 1810. The van der Waals surface area contributed by atoms with Gasteiger partial charge < -0.3 is 25.6 Å². The Balaban J connectivity index is 1.37. The van der Waals surface area contributed by atoms with Crippen LogP contribution in [0, 0.1) is 24.5 Å². The van der Waals surface area contributed by atoms with Gasteiger partial charge in [0.05, 0.1) is 46.7 Å². The van der Waals surface area contributed by atoms with Gasteiger partial charge in [0.15, 0.2) is 0 Å². The summed E-state index contributed by atoms with van der Waals surface area (Å²) in [5, 5.41) is 28.2. The molecule has 15 heteroatoms. The maximum Gasteiger partial charge on any atom is 0.225 e. The Labute approximate surface area is 256 Å². The number of pyridine rings is 1. The number of aliphatic hydroxyl groups is 2. The number of halogens is 2. The number of nitrogens with one attached hydrogen (secondary N) is 2. The third-order valence-electron chi connectivity index (χ3n) is 8.02. The number of benzene rings is 1. The number of aliphatic hydroxyl groups excluding tert-OH is 2. The highest BCUT2D eigenvalue weighted by Gasteiger charge is 2.43. The molecule has 0 bridgehead atoms. The normalized spacial score (nSPS) is 22.0. The van der Waals surface area contributed by atoms with Crippen LogP contribution < -0.4 is 15.4 Å². The minimum atomic E-state index is -3.41. The average Bonchev–Trinajstić information content (AvgIpc) is 3.66. The summed E-state index contributed by atoms with van der Waals surface area (Å²) in [5.41, 5.74) is 2.57. The van der Waals surface area contributed by atoms with E-state index in [0.717, 1.165) is 47.1 Å². The molecule has 0 aliphatic heterocycles. The van der Waals surface area contributed by atoms with Crippen LogP contribution in [-0.2, 0) is 16.4 Å². The molecule has 4 N–H and O–H groups in total. The Morgan fingerprint density at radius 3 is 2.50 bits per heavy atom. The van der Waals surface area contributed by atoms with E-state index < -0.39 is 45.6 Å². The highest BCUT2D eigenvalue weighted by Crippen LogP contribution is 2.44. The Kier molecular flexibility index (Phi) is 8.15. The van der Waals surface area contributed by atoms with Gasteiger partial charge in [0.1, 0.15) is 49.7 Å². The van der Waals surface area contributed by atoms with Crippen molar-refractivity contribution in [3.8, 4) is 16.3 Å². The fourth-order valence-electron chi connectivity index (χ4n) is 5.68. The molecule has 2 aliphatic rings. The van der Waals surface area contributed by atoms with Crippen molar-refractivity contribution in [3.05, 3.63) is 53.0 Å². The van der Waals surface area contributed by atoms with Crippen molar-refractivity contribution in [3.63, 3.8) is 0 Å². The first-order valence-electron chi connectivity index (χ1n) is 14.1. The molecule has 6 rings (SSSR count). The average molecular weight is 647 g/mol. The molecule has 0 spiro atoms. The van der Waals surface area contributed by atoms with E-state index >= 15 is 0 Å². The zero-order chi connectivity index (χ0) is 31.3. The van der Waals surface area contributed by atoms with Crippen LogP contribution in [0.3, 0.4) is 0 Å². The number of aryl methyl sites for hydroxylation is 1. The molecule has 3 heterocycles. The molecule has 11 nitrogen and oxygen atoms in total. The molecular weight excluding hydrogens is 614 g/mol. The van der Waals surface area contributed by atoms with E-state index in [-0.39, 0.29) is 41.8 Å². The van der Waals surface area contributed by atoms with Crippen molar-refractivity contribution in [1.29, 1.82) is 0 Å². The maximum atomic E-state index is 14.6. The number of sulfone groups is 1. The van der Waals surface area contributed by atoms with Gasteiger partial charge in [-0.15, -0.1) is 11.3 Å². The summed E-state index contributed by atoms with van der Waals surface area (Å²) < 4.78 is 59.0. The Morgan fingerprint density at radius 2 is 1.84 bits per heavy atom. The second-order valence-corrected chi connectivity index (χ2v) is 14.7. The van der Waals surface area contributed by atoms with Crippen molar-refractivity contribution in [2.24, 2.45) is 5.92 Å². The van der Waals surface area contributed by atoms with E-state index in [1.807, 2.05) is 6.07 Å². The quantitative estimate of drug-likeness (QED) is 0.199. The van der Waals surface area contributed by atoms with Crippen molar-refractivity contribution in [2.75, 3.05) is 29.8 Å². The number of methoxy groups -OCH3 is 1. The number of fused-ring (bicyclic) bond motifs is 1. The van der Waals surface area contributed by atoms with E-state index in [1.54, 1.807) is 13.1 Å². The van der Waals surface area contributed by atoms with Crippen LogP contribution in [0.2, 0.25) is 0 Å². The van der Waals surface area contributed by atoms with Crippen molar-refractivity contribution in [2.45, 2.75) is 56.9 Å². The standard InChI is InChI=1S/C29H32F2N6O5S2/c1-13-22(28-36-24-21(43-28)6-7-32-23(24)14-4-5-14)27(35-20-8-15(12-44(3,40)41)25(38)26(20)39)37-29(34-13)33-11-17-18(30)9-16(42-2)10-19(17)31/h6-7,9-10,14-15,20,25-26,38-39H,4-5,8,11-12H2,1-3H3,(H2,33,34,35,37). The highest BCUT2D eigenvalue weighted by atomic mass is 32.2. The second kappa shape index (κ2) is 11.8. The third kappa shape index (κ3) is 6.18. The summed E-state index contributed by atoms with van der Waals surface area (Å²) in [4.78, 5) is 18.7. The van der Waals surface area contributed by atoms with Crippen LogP contribution in [0.15, 0.2) is 24.4 Å². The SMILES string of the molecule is COc1cc(F)c(CNc2nc(C)c(-c3nc4c(C5CC5)nccc4s3)c(NC3CC(CS(C)(=O)=O)C(O)C3O)n2)c(F)c1. The Morgan fingerprint density at radius 1 is 1.11 bits per heavy atom. The summed E-state index contributed by atoms with van der Waals surface area (Å²) in [6.45, 7) is 1.49. The summed E-state index contributed by atoms with van der Waals surface area (Å²) in [5.74, 6) is -1.80. The summed E-state index contributed by atoms with van der Waals surface area (Å²) in [7, 11) is -2.09. The lowest BCUT2D eigenvalue weighted by Gasteiger charge is -2.21. The van der Waals surface area contributed by atoms with Gasteiger partial charge in [-0.25, -0.2) is 27.2 Å². The van der Waals surface area contributed by atoms with Gasteiger partial charge >= 0.3 is 0 Å². The van der Waals surface area contributed by atoms with Gasteiger partial charge in [0, 0.05) is 48.5 Å². The lowest BCUT2D eigenvalue weighted by atomic mass is 10.1. The zero-order valence-electron chi connectivity index (χ0n) is 24.2. The highest BCUT2D eigenvalue weighted by molar-refractivity contribution is 7.90. The van der Waals surface area contributed by atoms with Crippen LogP contribution in [-0.4, -0.2) is 75.9 Å². The number of ether oxygens (including phenoxy) is 1. The number of hydrogen-bond donors (Lipinski definition) is 4. The van der Waals surface area contributed by atoms with Gasteiger partial charge in [0.25, 0.3) is 0 Å². The molecule has 44 heavy (non-hydrogen) atoms. The van der Waals surface area contributed by atoms with E-state index in [2.05, 4.69) is 25.6 Å². The molecule has 4 atom stereocenters. The van der Waals surface area contributed by atoms with Gasteiger partial charge in [-0.05, 0) is 32.3 Å². The lowest BCUT2D eigenvalue weighted by Crippen LogP contribution is -2.36. The van der Waals surface area contributed by atoms with E-state index in [0.29, 0.717) is 22.2 Å². The maximum absolute atomic E-state index is 14.6. The molecular formula is C29H32F2N6O5S2. The predicted octanol–water partition coefficient (Wildman–Crippen LogP) is 3.80. The van der Waals surface area contributed by atoms with Crippen molar-refractivity contribution >= 4 is 43.2 Å².